The fourth-order valence-corrected chi connectivity index (χ4v) is 4.05. The molecule has 0 aliphatic carbocycles. The van der Waals surface area contributed by atoms with E-state index in [0.717, 1.165) is 11.0 Å². The number of aliphatic hydroxyl groups excluding tert-OH is 1. The van der Waals surface area contributed by atoms with Gasteiger partial charge in [0.05, 0.1) is 25.4 Å². The smallest absolute Gasteiger partial charge is 0.0948 e. The highest BCUT2D eigenvalue weighted by molar-refractivity contribution is 9.10. The van der Waals surface area contributed by atoms with E-state index < -0.39 is 6.10 Å². The highest BCUT2D eigenvalue weighted by Gasteiger charge is 2.25. The number of nitrogens with one attached hydrogen (secondary N) is 1. The Morgan fingerprint density at radius 1 is 1.39 bits per heavy atom. The topological polar surface area (TPSA) is 41.5 Å². The summed E-state index contributed by atoms with van der Waals surface area (Å²) in [6.07, 6.45) is -0.391. The van der Waals surface area contributed by atoms with Gasteiger partial charge in [-0.1, -0.05) is 18.2 Å². The molecule has 0 bridgehead atoms. The average molecular weight is 328 g/mol. The molecule has 0 unspecified atom stereocenters. The molecule has 2 atom stereocenters. The maximum atomic E-state index is 9.68. The third kappa shape index (κ3) is 2.33. The number of halogens is 1. The summed E-state index contributed by atoms with van der Waals surface area (Å²) in [7, 11) is 0. The summed E-state index contributed by atoms with van der Waals surface area (Å²) >= 11 is 5.43. The van der Waals surface area contributed by atoms with E-state index in [2.05, 4.69) is 39.4 Å². The standard InChI is InChI=1S/C13H14BrNO2S/c14-13-8-3-1-2-4-11(8)18-12(13)5-15-9-6-17-7-10(9)16/h1-4,9-10,15-16H,5-7H2/t9-,10-/m1/s1. The molecule has 0 radical (unpaired) electrons. The quantitative estimate of drug-likeness (QED) is 0.910. The Labute approximate surface area is 118 Å². The van der Waals surface area contributed by atoms with Crippen LogP contribution in [0.15, 0.2) is 28.7 Å². The van der Waals surface area contributed by atoms with E-state index in [-0.39, 0.29) is 6.04 Å². The van der Waals surface area contributed by atoms with Gasteiger partial charge < -0.3 is 15.2 Å². The van der Waals surface area contributed by atoms with Gasteiger partial charge in [0, 0.05) is 26.0 Å². The van der Waals surface area contributed by atoms with E-state index >= 15 is 0 Å². The molecule has 0 saturated carbocycles. The van der Waals surface area contributed by atoms with Crippen LogP contribution >= 0.6 is 27.3 Å². The molecule has 5 heteroatoms. The van der Waals surface area contributed by atoms with Crippen molar-refractivity contribution in [2.45, 2.75) is 18.7 Å². The number of aliphatic hydroxyl groups is 1. The molecule has 3 rings (SSSR count). The Bertz CT molecular complexity index is 557. The van der Waals surface area contributed by atoms with Crippen LogP contribution in [0.5, 0.6) is 0 Å². The second-order valence-electron chi connectivity index (χ2n) is 4.43. The summed E-state index contributed by atoms with van der Waals surface area (Å²) in [4.78, 5) is 1.26. The first-order chi connectivity index (χ1) is 8.75. The molecule has 96 valence electrons. The molecular formula is C13H14BrNO2S. The van der Waals surface area contributed by atoms with Gasteiger partial charge in [0.2, 0.25) is 0 Å². The number of benzene rings is 1. The second kappa shape index (κ2) is 5.27. The minimum absolute atomic E-state index is 0.0436. The van der Waals surface area contributed by atoms with Crippen molar-refractivity contribution in [3.8, 4) is 0 Å². The van der Waals surface area contributed by atoms with Crippen LogP contribution in [0.2, 0.25) is 0 Å². The van der Waals surface area contributed by atoms with Gasteiger partial charge in [-0.2, -0.15) is 0 Å². The zero-order chi connectivity index (χ0) is 12.5. The first kappa shape index (κ1) is 12.6. The second-order valence-corrected chi connectivity index (χ2v) is 6.36. The summed E-state index contributed by atoms with van der Waals surface area (Å²) in [6.45, 7) is 1.78. The lowest BCUT2D eigenvalue weighted by Crippen LogP contribution is -2.38. The number of ether oxygens (including phenoxy) is 1. The lowest BCUT2D eigenvalue weighted by atomic mass is 10.2. The summed E-state index contributed by atoms with van der Waals surface area (Å²) in [6, 6.07) is 8.39. The molecule has 0 spiro atoms. The predicted molar refractivity (Wildman–Crippen MR) is 77.0 cm³/mol. The lowest BCUT2D eigenvalue weighted by molar-refractivity contribution is 0.122. The van der Waals surface area contributed by atoms with Crippen LogP contribution in [0.1, 0.15) is 4.88 Å². The zero-order valence-corrected chi connectivity index (χ0v) is 12.1. The Hall–Kier alpha value is -0.460. The summed E-state index contributed by atoms with van der Waals surface area (Å²) in [5.74, 6) is 0. The zero-order valence-electron chi connectivity index (χ0n) is 9.73. The molecule has 1 aliphatic heterocycles. The summed E-state index contributed by atoms with van der Waals surface area (Å²) in [5, 5.41) is 14.3. The minimum atomic E-state index is -0.391. The van der Waals surface area contributed by atoms with Crippen LogP contribution in [0.4, 0.5) is 0 Å². The molecule has 18 heavy (non-hydrogen) atoms. The molecule has 2 heterocycles. The van der Waals surface area contributed by atoms with Gasteiger partial charge in [0.15, 0.2) is 0 Å². The predicted octanol–water partition coefficient (Wildman–Crippen LogP) is 2.51. The maximum Gasteiger partial charge on any atom is 0.0948 e. The van der Waals surface area contributed by atoms with Crippen molar-refractivity contribution in [2.75, 3.05) is 13.2 Å². The molecule has 1 saturated heterocycles. The fourth-order valence-electron chi connectivity index (χ4n) is 2.14. The SMILES string of the molecule is O[C@@H]1COC[C@H]1NCc1sc2ccccc2c1Br. The molecule has 1 aromatic carbocycles. The van der Waals surface area contributed by atoms with Gasteiger partial charge in [0.1, 0.15) is 0 Å². The van der Waals surface area contributed by atoms with E-state index in [9.17, 15) is 5.11 Å². The summed E-state index contributed by atoms with van der Waals surface area (Å²) < 4.78 is 7.66. The molecule has 1 fully saturated rings. The van der Waals surface area contributed by atoms with Crippen LogP contribution < -0.4 is 5.32 Å². The van der Waals surface area contributed by atoms with Crippen molar-refractivity contribution < 1.29 is 9.84 Å². The summed E-state index contributed by atoms with van der Waals surface area (Å²) in [5.41, 5.74) is 0. The molecule has 2 N–H and O–H groups in total. The molecule has 0 amide bonds. The number of hydrogen-bond donors (Lipinski definition) is 2. The first-order valence-electron chi connectivity index (χ1n) is 5.91. The van der Waals surface area contributed by atoms with Gasteiger partial charge in [-0.15, -0.1) is 11.3 Å². The molecule has 3 nitrogen and oxygen atoms in total. The molecule has 1 aliphatic rings. The number of rotatable bonds is 3. The Balaban J connectivity index is 1.76. The van der Waals surface area contributed by atoms with E-state index in [1.807, 2.05) is 6.07 Å². The van der Waals surface area contributed by atoms with Crippen LogP contribution in [-0.2, 0) is 11.3 Å². The third-order valence-corrected chi connectivity index (χ3v) is 5.52. The Kier molecular flexibility index (Phi) is 3.68. The van der Waals surface area contributed by atoms with Crippen molar-refractivity contribution in [3.05, 3.63) is 33.6 Å². The average Bonchev–Trinajstić information content (AvgIpc) is 2.92. The normalized spacial score (nSPS) is 23.9. The monoisotopic (exact) mass is 327 g/mol. The van der Waals surface area contributed by atoms with E-state index in [1.165, 1.54) is 15.0 Å². The van der Waals surface area contributed by atoms with Gasteiger partial charge in [-0.05, 0) is 22.0 Å². The minimum Gasteiger partial charge on any atom is -0.389 e. The molecule has 2 aromatic rings. The first-order valence-corrected chi connectivity index (χ1v) is 7.52. The highest BCUT2D eigenvalue weighted by Crippen LogP contribution is 2.35. The molecule has 1 aromatic heterocycles. The third-order valence-electron chi connectivity index (χ3n) is 3.18. The van der Waals surface area contributed by atoms with Crippen molar-refractivity contribution in [1.29, 1.82) is 0 Å². The number of hydrogen-bond acceptors (Lipinski definition) is 4. The van der Waals surface area contributed by atoms with Crippen molar-refractivity contribution in [2.24, 2.45) is 0 Å². The lowest BCUT2D eigenvalue weighted by Gasteiger charge is -2.13. The Morgan fingerprint density at radius 3 is 2.94 bits per heavy atom. The van der Waals surface area contributed by atoms with Gasteiger partial charge in [0.25, 0.3) is 0 Å². The van der Waals surface area contributed by atoms with Crippen LogP contribution in [0.3, 0.4) is 0 Å². The van der Waals surface area contributed by atoms with Crippen LogP contribution in [-0.4, -0.2) is 30.5 Å². The highest BCUT2D eigenvalue weighted by atomic mass is 79.9. The van der Waals surface area contributed by atoms with Crippen molar-refractivity contribution >= 4 is 37.4 Å². The maximum absolute atomic E-state index is 9.68. The van der Waals surface area contributed by atoms with Gasteiger partial charge in [-0.25, -0.2) is 0 Å². The van der Waals surface area contributed by atoms with Crippen molar-refractivity contribution in [3.63, 3.8) is 0 Å². The number of fused-ring (bicyclic) bond motifs is 1. The van der Waals surface area contributed by atoms with Gasteiger partial charge >= 0.3 is 0 Å². The van der Waals surface area contributed by atoms with E-state index in [4.69, 9.17) is 4.74 Å². The number of thiophene rings is 1. The van der Waals surface area contributed by atoms with Gasteiger partial charge in [-0.3, -0.25) is 0 Å². The molecular weight excluding hydrogens is 314 g/mol. The van der Waals surface area contributed by atoms with Crippen LogP contribution in [0, 0.1) is 0 Å². The Morgan fingerprint density at radius 2 is 2.22 bits per heavy atom. The fraction of sp³-hybridized carbons (Fsp3) is 0.385. The van der Waals surface area contributed by atoms with E-state index in [1.54, 1.807) is 11.3 Å². The van der Waals surface area contributed by atoms with Crippen molar-refractivity contribution in [1.82, 2.24) is 5.32 Å². The van der Waals surface area contributed by atoms with E-state index in [0.29, 0.717) is 13.2 Å². The van der Waals surface area contributed by atoms with Crippen LogP contribution in [0.25, 0.3) is 10.1 Å². The largest absolute Gasteiger partial charge is 0.389 e.